The Morgan fingerprint density at radius 2 is 2.10 bits per heavy atom. The van der Waals surface area contributed by atoms with E-state index in [9.17, 15) is 0 Å². The summed E-state index contributed by atoms with van der Waals surface area (Å²) in [5.74, 6) is 0.718. The van der Waals surface area contributed by atoms with Crippen LogP contribution in [0.5, 0.6) is 0 Å². The molecule has 0 aliphatic carbocycles. The Morgan fingerprint density at radius 1 is 1.29 bits per heavy atom. The van der Waals surface area contributed by atoms with Crippen LogP contribution < -0.4 is 10.6 Å². The van der Waals surface area contributed by atoms with E-state index in [1.54, 1.807) is 6.26 Å². The summed E-state index contributed by atoms with van der Waals surface area (Å²) in [6.45, 7) is 3.88. The second-order valence-corrected chi connectivity index (χ2v) is 4.54. The fourth-order valence-corrected chi connectivity index (χ4v) is 1.83. The first kappa shape index (κ1) is 17.8. The van der Waals surface area contributed by atoms with Crippen molar-refractivity contribution in [1.82, 2.24) is 15.8 Å². The second-order valence-electron chi connectivity index (χ2n) is 4.13. The Balaban J connectivity index is 0.00000220. The van der Waals surface area contributed by atoms with Gasteiger partial charge in [-0.15, -0.1) is 24.0 Å². The van der Waals surface area contributed by atoms with Crippen LogP contribution in [-0.4, -0.2) is 17.7 Å². The third-order valence-electron chi connectivity index (χ3n) is 2.64. The second kappa shape index (κ2) is 9.62. The summed E-state index contributed by atoms with van der Waals surface area (Å²) in [4.78, 5) is 4.50. The highest BCUT2D eigenvalue weighted by Gasteiger charge is 2.02. The minimum absolute atomic E-state index is 0. The minimum Gasteiger partial charge on any atom is -0.364 e. The molecular formula is C14H18ClIN4O. The fourth-order valence-electron chi connectivity index (χ4n) is 1.64. The molecule has 21 heavy (non-hydrogen) atoms. The topological polar surface area (TPSA) is 62.5 Å². The monoisotopic (exact) mass is 420 g/mol. The number of halogens is 2. The largest absolute Gasteiger partial charge is 0.364 e. The molecule has 0 aliphatic rings. The summed E-state index contributed by atoms with van der Waals surface area (Å²) in [5.41, 5.74) is 1.82. The number of benzene rings is 1. The van der Waals surface area contributed by atoms with Gasteiger partial charge < -0.3 is 15.2 Å². The highest BCUT2D eigenvalue weighted by Crippen LogP contribution is 2.15. The molecule has 1 heterocycles. The average Bonchev–Trinajstić information content (AvgIpc) is 2.97. The normalized spacial score (nSPS) is 10.9. The molecular weight excluding hydrogens is 403 g/mol. The van der Waals surface area contributed by atoms with Gasteiger partial charge in [0.05, 0.1) is 13.1 Å². The molecule has 0 aliphatic heterocycles. The SMILES string of the molecule is CCNC(=NCc1ccccc1Cl)NCc1ccon1.I. The van der Waals surface area contributed by atoms with E-state index in [0.29, 0.717) is 13.1 Å². The van der Waals surface area contributed by atoms with Crippen molar-refractivity contribution in [3.8, 4) is 0 Å². The van der Waals surface area contributed by atoms with Crippen LogP contribution in [0.3, 0.4) is 0 Å². The molecule has 0 amide bonds. The van der Waals surface area contributed by atoms with Crippen molar-refractivity contribution in [2.45, 2.75) is 20.0 Å². The number of rotatable bonds is 5. The van der Waals surface area contributed by atoms with Gasteiger partial charge in [0.15, 0.2) is 5.96 Å². The molecule has 0 saturated heterocycles. The van der Waals surface area contributed by atoms with Gasteiger partial charge in [-0.3, -0.25) is 0 Å². The molecule has 0 saturated carbocycles. The summed E-state index contributed by atoms with van der Waals surface area (Å²) in [5, 5.41) is 10.9. The van der Waals surface area contributed by atoms with E-state index < -0.39 is 0 Å². The quantitative estimate of drug-likeness (QED) is 0.443. The third-order valence-corrected chi connectivity index (χ3v) is 3.01. The first-order valence-electron chi connectivity index (χ1n) is 6.44. The van der Waals surface area contributed by atoms with E-state index in [1.165, 1.54) is 0 Å². The number of hydrogen-bond acceptors (Lipinski definition) is 3. The fraction of sp³-hybridized carbons (Fsp3) is 0.286. The van der Waals surface area contributed by atoms with Crippen LogP contribution in [-0.2, 0) is 13.1 Å². The van der Waals surface area contributed by atoms with Crippen LogP contribution in [0, 0.1) is 0 Å². The molecule has 2 N–H and O–H groups in total. The number of nitrogens with zero attached hydrogens (tertiary/aromatic N) is 2. The molecule has 0 spiro atoms. The Hall–Kier alpha value is -1.28. The van der Waals surface area contributed by atoms with Gasteiger partial charge >= 0.3 is 0 Å². The smallest absolute Gasteiger partial charge is 0.191 e. The van der Waals surface area contributed by atoms with Crippen LogP contribution in [0.1, 0.15) is 18.2 Å². The lowest BCUT2D eigenvalue weighted by Crippen LogP contribution is -2.36. The summed E-state index contributed by atoms with van der Waals surface area (Å²) < 4.78 is 4.78. The van der Waals surface area contributed by atoms with Crippen molar-refractivity contribution in [1.29, 1.82) is 0 Å². The standard InChI is InChI=1S/C14H17ClN4O.HI/c1-2-16-14(18-10-12-7-8-20-19-12)17-9-11-5-3-4-6-13(11)15;/h3-8H,2,9-10H2,1H3,(H2,16,17,18);1H. The summed E-state index contributed by atoms with van der Waals surface area (Å²) in [7, 11) is 0. The number of aliphatic imine (C=N–C) groups is 1. The minimum atomic E-state index is 0. The van der Waals surface area contributed by atoms with Gasteiger partial charge in [0.1, 0.15) is 12.0 Å². The number of guanidine groups is 1. The Kier molecular flexibility index (Phi) is 8.14. The molecule has 0 atom stereocenters. The predicted octanol–water partition coefficient (Wildman–Crippen LogP) is 3.20. The zero-order valence-electron chi connectivity index (χ0n) is 11.7. The number of nitrogens with one attached hydrogen (secondary N) is 2. The lowest BCUT2D eigenvalue weighted by Gasteiger charge is -2.10. The van der Waals surface area contributed by atoms with Gasteiger partial charge in [-0.05, 0) is 18.6 Å². The Bertz CT molecular complexity index is 560. The van der Waals surface area contributed by atoms with E-state index in [1.807, 2.05) is 37.3 Å². The van der Waals surface area contributed by atoms with Gasteiger partial charge in [-0.1, -0.05) is 35.0 Å². The van der Waals surface area contributed by atoms with Crippen molar-refractivity contribution in [2.75, 3.05) is 6.54 Å². The van der Waals surface area contributed by atoms with Gasteiger partial charge in [0.25, 0.3) is 0 Å². The van der Waals surface area contributed by atoms with E-state index >= 15 is 0 Å². The lowest BCUT2D eigenvalue weighted by atomic mass is 10.2. The Morgan fingerprint density at radius 3 is 2.76 bits per heavy atom. The van der Waals surface area contributed by atoms with Crippen molar-refractivity contribution in [2.24, 2.45) is 4.99 Å². The van der Waals surface area contributed by atoms with E-state index in [0.717, 1.165) is 28.8 Å². The first-order chi connectivity index (χ1) is 9.79. The van der Waals surface area contributed by atoms with Gasteiger partial charge in [0.2, 0.25) is 0 Å². The van der Waals surface area contributed by atoms with E-state index in [4.69, 9.17) is 16.1 Å². The maximum absolute atomic E-state index is 6.11. The van der Waals surface area contributed by atoms with E-state index in [-0.39, 0.29) is 24.0 Å². The summed E-state index contributed by atoms with van der Waals surface area (Å²) in [6.07, 6.45) is 1.55. The molecule has 1 aromatic carbocycles. The lowest BCUT2D eigenvalue weighted by molar-refractivity contribution is 0.410. The molecule has 2 aromatic rings. The zero-order chi connectivity index (χ0) is 14.2. The first-order valence-corrected chi connectivity index (χ1v) is 6.82. The van der Waals surface area contributed by atoms with Crippen LogP contribution in [0.4, 0.5) is 0 Å². The molecule has 7 heteroatoms. The highest BCUT2D eigenvalue weighted by molar-refractivity contribution is 14.0. The van der Waals surface area contributed by atoms with Crippen LogP contribution in [0.15, 0.2) is 46.1 Å². The van der Waals surface area contributed by atoms with Crippen molar-refractivity contribution in [3.63, 3.8) is 0 Å². The van der Waals surface area contributed by atoms with Crippen molar-refractivity contribution < 1.29 is 4.52 Å². The molecule has 2 rings (SSSR count). The number of aromatic nitrogens is 1. The maximum Gasteiger partial charge on any atom is 0.191 e. The van der Waals surface area contributed by atoms with Crippen molar-refractivity contribution in [3.05, 3.63) is 52.9 Å². The van der Waals surface area contributed by atoms with Crippen molar-refractivity contribution >= 4 is 41.5 Å². The van der Waals surface area contributed by atoms with E-state index in [2.05, 4.69) is 20.8 Å². The highest BCUT2D eigenvalue weighted by atomic mass is 127. The third kappa shape index (κ3) is 5.92. The van der Waals surface area contributed by atoms with Crippen LogP contribution in [0.25, 0.3) is 0 Å². The molecule has 1 aromatic heterocycles. The van der Waals surface area contributed by atoms with Crippen LogP contribution >= 0.6 is 35.6 Å². The van der Waals surface area contributed by atoms with Gasteiger partial charge in [-0.25, -0.2) is 4.99 Å². The molecule has 0 unspecified atom stereocenters. The molecule has 0 bridgehead atoms. The summed E-state index contributed by atoms with van der Waals surface area (Å²) >= 11 is 6.11. The Labute approximate surface area is 146 Å². The van der Waals surface area contributed by atoms with Crippen LogP contribution in [0.2, 0.25) is 5.02 Å². The molecule has 114 valence electrons. The maximum atomic E-state index is 6.11. The molecule has 5 nitrogen and oxygen atoms in total. The predicted molar refractivity (Wildman–Crippen MR) is 95.0 cm³/mol. The van der Waals surface area contributed by atoms with Gasteiger partial charge in [-0.2, -0.15) is 0 Å². The molecule has 0 fully saturated rings. The summed E-state index contributed by atoms with van der Waals surface area (Å²) in [6, 6.07) is 9.50. The van der Waals surface area contributed by atoms with Gasteiger partial charge in [0, 0.05) is 17.6 Å². The number of hydrogen-bond donors (Lipinski definition) is 2. The molecule has 0 radical (unpaired) electrons. The average molecular weight is 421 g/mol. The zero-order valence-corrected chi connectivity index (χ0v) is 14.8.